The van der Waals surface area contributed by atoms with Gasteiger partial charge in [0.25, 0.3) is 0 Å². The van der Waals surface area contributed by atoms with Crippen LogP contribution in [0.1, 0.15) is 18.5 Å². The van der Waals surface area contributed by atoms with Crippen molar-refractivity contribution < 1.29 is 17.9 Å². The van der Waals surface area contributed by atoms with Crippen LogP contribution in [0.3, 0.4) is 0 Å². The summed E-state index contributed by atoms with van der Waals surface area (Å²) >= 11 is 0. The molecule has 0 fully saturated rings. The number of fused-ring (bicyclic) bond motifs is 1. The fourth-order valence-corrected chi connectivity index (χ4v) is 2.74. The maximum absolute atomic E-state index is 12.2. The van der Waals surface area contributed by atoms with Crippen molar-refractivity contribution in [2.75, 3.05) is 18.4 Å². The van der Waals surface area contributed by atoms with Gasteiger partial charge in [-0.3, -0.25) is 0 Å². The van der Waals surface area contributed by atoms with E-state index in [9.17, 15) is 13.2 Å². The van der Waals surface area contributed by atoms with Crippen molar-refractivity contribution in [2.24, 2.45) is 5.92 Å². The molecule has 2 N–H and O–H groups in total. The molecule has 0 radical (unpaired) electrons. The van der Waals surface area contributed by atoms with Crippen LogP contribution in [0.5, 0.6) is 5.75 Å². The summed E-state index contributed by atoms with van der Waals surface area (Å²) in [5.74, 6) is 1.22. The van der Waals surface area contributed by atoms with Crippen LogP contribution in [-0.4, -0.2) is 29.2 Å². The minimum Gasteiger partial charge on any atom is -0.406 e. The highest BCUT2D eigenvalue weighted by Crippen LogP contribution is 2.24. The molecule has 0 saturated heterocycles. The van der Waals surface area contributed by atoms with Gasteiger partial charge in [-0.05, 0) is 24.6 Å². The molecule has 5 nitrogen and oxygen atoms in total. The van der Waals surface area contributed by atoms with E-state index in [-0.39, 0.29) is 11.8 Å². The Morgan fingerprint density at radius 1 is 1.33 bits per heavy atom. The predicted octanol–water partition coefficient (Wildman–Crippen LogP) is 3.17. The molecule has 0 aliphatic carbocycles. The van der Waals surface area contributed by atoms with Gasteiger partial charge in [-0.15, -0.1) is 13.2 Å². The van der Waals surface area contributed by atoms with Crippen LogP contribution in [0.25, 0.3) is 0 Å². The van der Waals surface area contributed by atoms with Gasteiger partial charge in [0.1, 0.15) is 11.6 Å². The smallest absolute Gasteiger partial charge is 0.406 e. The third-order valence-electron chi connectivity index (χ3n) is 4.05. The van der Waals surface area contributed by atoms with Crippen LogP contribution < -0.4 is 15.4 Å². The maximum atomic E-state index is 12.2. The van der Waals surface area contributed by atoms with Gasteiger partial charge < -0.3 is 15.4 Å². The van der Waals surface area contributed by atoms with Crippen molar-refractivity contribution in [1.29, 1.82) is 0 Å². The summed E-state index contributed by atoms with van der Waals surface area (Å²) in [6, 6.07) is 7.92. The lowest BCUT2D eigenvalue weighted by atomic mass is 10.1. The first-order valence-electron chi connectivity index (χ1n) is 7.75. The van der Waals surface area contributed by atoms with Gasteiger partial charge in [0.05, 0.1) is 6.20 Å². The molecule has 0 unspecified atom stereocenters. The molecule has 1 aromatic carbocycles. The van der Waals surface area contributed by atoms with Crippen molar-refractivity contribution in [1.82, 2.24) is 15.1 Å². The van der Waals surface area contributed by atoms with E-state index in [0.717, 1.165) is 31.0 Å². The topological polar surface area (TPSA) is 51.1 Å². The predicted molar refractivity (Wildman–Crippen MR) is 83.7 cm³/mol. The summed E-state index contributed by atoms with van der Waals surface area (Å²) in [6.07, 6.45) is -2.89. The number of nitrogens with one attached hydrogen (secondary N) is 2. The lowest BCUT2D eigenvalue weighted by Gasteiger charge is -2.26. The minimum atomic E-state index is -4.66. The molecule has 2 atom stereocenters. The monoisotopic (exact) mass is 340 g/mol. The number of hydrogen-bond acceptors (Lipinski definition) is 4. The Labute approximate surface area is 137 Å². The lowest BCUT2D eigenvalue weighted by molar-refractivity contribution is -0.274. The number of hydrogen-bond donors (Lipinski definition) is 2. The van der Waals surface area contributed by atoms with E-state index in [1.165, 1.54) is 12.1 Å². The number of rotatable bonds is 5. The van der Waals surface area contributed by atoms with E-state index < -0.39 is 6.36 Å². The number of halogens is 3. The van der Waals surface area contributed by atoms with Crippen LogP contribution in [0, 0.1) is 5.92 Å². The highest BCUT2D eigenvalue weighted by atomic mass is 19.4. The summed E-state index contributed by atoms with van der Waals surface area (Å²) in [6.45, 7) is 4.47. The molecule has 8 heteroatoms. The Kier molecular flexibility index (Phi) is 4.66. The van der Waals surface area contributed by atoms with Crippen LogP contribution in [0.4, 0.5) is 19.0 Å². The van der Waals surface area contributed by atoms with E-state index in [4.69, 9.17) is 0 Å². The van der Waals surface area contributed by atoms with E-state index in [1.54, 1.807) is 18.3 Å². The minimum absolute atomic E-state index is 0.0314. The first-order chi connectivity index (χ1) is 11.4. The Hall–Kier alpha value is -2.22. The molecule has 0 spiro atoms. The van der Waals surface area contributed by atoms with Crippen LogP contribution in [0.2, 0.25) is 0 Å². The number of benzene rings is 1. The zero-order valence-electron chi connectivity index (χ0n) is 13.2. The Bertz CT molecular complexity index is 669. The number of ether oxygens (including phenoxy) is 1. The largest absolute Gasteiger partial charge is 0.573 e. The van der Waals surface area contributed by atoms with Crippen LogP contribution >= 0.6 is 0 Å². The molecule has 1 aliphatic heterocycles. The van der Waals surface area contributed by atoms with Crippen molar-refractivity contribution >= 4 is 5.82 Å². The third kappa shape index (κ3) is 4.19. The van der Waals surface area contributed by atoms with Crippen LogP contribution in [0.15, 0.2) is 36.5 Å². The molecule has 130 valence electrons. The fourth-order valence-electron chi connectivity index (χ4n) is 2.74. The Morgan fingerprint density at radius 3 is 2.79 bits per heavy atom. The van der Waals surface area contributed by atoms with Gasteiger partial charge >= 0.3 is 6.36 Å². The maximum Gasteiger partial charge on any atom is 0.573 e. The molecule has 1 aromatic heterocycles. The SMILES string of the molecule is C[C@@H](NC[C@@H]1CNc2ccnn2C1)c1ccc(OC(F)(F)F)cc1. The summed E-state index contributed by atoms with van der Waals surface area (Å²) < 4.78 is 42.3. The quantitative estimate of drug-likeness (QED) is 0.878. The van der Waals surface area contributed by atoms with Crippen molar-refractivity contribution in [3.8, 4) is 5.75 Å². The fraction of sp³-hybridized carbons (Fsp3) is 0.438. The second-order valence-electron chi connectivity index (χ2n) is 5.89. The van der Waals surface area contributed by atoms with Crippen molar-refractivity contribution in [2.45, 2.75) is 25.9 Å². The summed E-state index contributed by atoms with van der Waals surface area (Å²) in [5.41, 5.74) is 0.910. The molecule has 1 aliphatic rings. The van der Waals surface area contributed by atoms with Crippen LogP contribution in [-0.2, 0) is 6.54 Å². The standard InChI is InChI=1S/C16H19F3N4O/c1-11(13-2-4-14(5-3-13)24-16(17,18)19)20-8-12-9-21-15-6-7-22-23(15)10-12/h2-7,11-12,20-21H,8-10H2,1H3/t11-,12-/m1/s1. The van der Waals surface area contributed by atoms with E-state index in [0.29, 0.717) is 5.92 Å². The summed E-state index contributed by atoms with van der Waals surface area (Å²) in [4.78, 5) is 0. The first-order valence-corrected chi connectivity index (χ1v) is 7.75. The molecule has 3 rings (SSSR count). The average molecular weight is 340 g/mol. The number of alkyl halides is 3. The second-order valence-corrected chi connectivity index (χ2v) is 5.89. The van der Waals surface area contributed by atoms with E-state index in [2.05, 4.69) is 20.5 Å². The van der Waals surface area contributed by atoms with Gasteiger partial charge in [-0.1, -0.05) is 12.1 Å². The molecular formula is C16H19F3N4O. The Morgan fingerprint density at radius 2 is 2.08 bits per heavy atom. The molecule has 0 amide bonds. The summed E-state index contributed by atoms with van der Waals surface area (Å²) in [7, 11) is 0. The van der Waals surface area contributed by atoms with E-state index in [1.807, 2.05) is 17.7 Å². The second kappa shape index (κ2) is 6.72. The molecule has 0 saturated carbocycles. The Balaban J connectivity index is 1.51. The molecule has 2 heterocycles. The van der Waals surface area contributed by atoms with Gasteiger partial charge in [0.2, 0.25) is 0 Å². The summed E-state index contributed by atoms with van der Waals surface area (Å²) in [5, 5.41) is 11.0. The lowest BCUT2D eigenvalue weighted by Crippen LogP contribution is -2.36. The molecule has 2 aromatic rings. The zero-order valence-corrected chi connectivity index (χ0v) is 13.2. The highest BCUT2D eigenvalue weighted by molar-refractivity contribution is 5.35. The molecular weight excluding hydrogens is 321 g/mol. The zero-order chi connectivity index (χ0) is 17.2. The highest BCUT2D eigenvalue weighted by Gasteiger charge is 2.31. The number of nitrogens with zero attached hydrogens (tertiary/aromatic N) is 2. The van der Waals surface area contributed by atoms with Gasteiger partial charge in [0, 0.05) is 37.7 Å². The number of anilines is 1. The molecule has 0 bridgehead atoms. The van der Waals surface area contributed by atoms with E-state index >= 15 is 0 Å². The van der Waals surface area contributed by atoms with Gasteiger partial charge in [0.15, 0.2) is 0 Å². The van der Waals surface area contributed by atoms with Gasteiger partial charge in [-0.25, -0.2) is 4.68 Å². The van der Waals surface area contributed by atoms with Crippen molar-refractivity contribution in [3.63, 3.8) is 0 Å². The van der Waals surface area contributed by atoms with Crippen molar-refractivity contribution in [3.05, 3.63) is 42.1 Å². The normalized spacial score (nSPS) is 18.6. The average Bonchev–Trinajstić information content (AvgIpc) is 2.99. The number of aromatic nitrogens is 2. The molecule has 24 heavy (non-hydrogen) atoms. The first kappa shape index (κ1) is 16.6. The van der Waals surface area contributed by atoms with Gasteiger partial charge in [-0.2, -0.15) is 5.10 Å². The third-order valence-corrected chi connectivity index (χ3v) is 4.05.